The van der Waals surface area contributed by atoms with Crippen LogP contribution in [-0.2, 0) is 13.0 Å². The number of nitrogens with one attached hydrogen (secondary N) is 1. The van der Waals surface area contributed by atoms with Crippen LogP contribution in [0.5, 0.6) is 11.5 Å². The zero-order chi connectivity index (χ0) is 26.2. The van der Waals surface area contributed by atoms with E-state index in [4.69, 9.17) is 4.74 Å². The highest BCUT2D eigenvalue weighted by Crippen LogP contribution is 2.33. The molecular formula is C32H25N5O. The first-order valence-corrected chi connectivity index (χ1v) is 12.3. The average molecular weight is 496 g/mol. The lowest BCUT2D eigenvalue weighted by molar-refractivity contribution is 0.482. The molecule has 0 fully saturated rings. The largest absolute Gasteiger partial charge is 0.457 e. The highest BCUT2D eigenvalue weighted by atomic mass is 16.5. The van der Waals surface area contributed by atoms with E-state index in [0.29, 0.717) is 24.1 Å². The van der Waals surface area contributed by atoms with Gasteiger partial charge in [0.2, 0.25) is 0 Å². The second kappa shape index (κ2) is 11.6. The molecule has 38 heavy (non-hydrogen) atoms. The van der Waals surface area contributed by atoms with Crippen LogP contribution in [0.2, 0.25) is 0 Å². The predicted octanol–water partition coefficient (Wildman–Crippen LogP) is 6.94. The Bertz CT molecular complexity index is 1530. The summed E-state index contributed by atoms with van der Waals surface area (Å²) in [6.45, 7) is 0.616. The summed E-state index contributed by atoms with van der Waals surface area (Å²) in [5.74, 6) is 1.54. The van der Waals surface area contributed by atoms with Gasteiger partial charge in [-0.3, -0.25) is 0 Å². The average Bonchev–Trinajstić information content (AvgIpc) is 3.52. The number of hydrogen-bond donors (Lipinski definition) is 1. The third-order valence-corrected chi connectivity index (χ3v) is 6.35. The Morgan fingerprint density at radius 3 is 1.92 bits per heavy atom. The molecule has 1 atom stereocenters. The maximum atomic E-state index is 9.23. The molecule has 0 aliphatic carbocycles. The summed E-state index contributed by atoms with van der Waals surface area (Å²) < 4.78 is 6.02. The van der Waals surface area contributed by atoms with Crippen LogP contribution < -0.4 is 9.64 Å². The van der Waals surface area contributed by atoms with Crippen molar-refractivity contribution < 1.29 is 4.74 Å². The third kappa shape index (κ3) is 5.90. The summed E-state index contributed by atoms with van der Waals surface area (Å²) in [4.78, 5) is 9.92. The first-order valence-electron chi connectivity index (χ1n) is 12.3. The van der Waals surface area contributed by atoms with Crippen LogP contribution in [0.3, 0.4) is 0 Å². The highest BCUT2D eigenvalue weighted by Gasteiger charge is 2.23. The van der Waals surface area contributed by atoms with Gasteiger partial charge in [-0.05, 0) is 78.2 Å². The zero-order valence-corrected chi connectivity index (χ0v) is 20.7. The van der Waals surface area contributed by atoms with Gasteiger partial charge in [0.05, 0.1) is 47.5 Å². The number of benzene rings is 4. The molecule has 1 unspecified atom stereocenters. The number of imidazole rings is 1. The molecular weight excluding hydrogens is 470 g/mol. The fraction of sp³-hybridized carbons (Fsp3) is 0.0938. The zero-order valence-electron chi connectivity index (χ0n) is 20.7. The molecule has 6 heteroatoms. The van der Waals surface area contributed by atoms with Crippen molar-refractivity contribution in [3.05, 3.63) is 144 Å². The number of aromatic nitrogens is 2. The molecule has 0 aliphatic rings. The number of rotatable bonds is 9. The molecule has 0 radical (unpaired) electrons. The van der Waals surface area contributed by atoms with Crippen LogP contribution in [0, 0.1) is 22.7 Å². The van der Waals surface area contributed by atoms with Gasteiger partial charge in [-0.2, -0.15) is 10.5 Å². The minimum absolute atomic E-state index is 0.0676. The van der Waals surface area contributed by atoms with E-state index < -0.39 is 0 Å². The first-order chi connectivity index (χ1) is 18.7. The number of H-pyrrole nitrogens is 1. The molecule has 0 amide bonds. The van der Waals surface area contributed by atoms with Crippen molar-refractivity contribution in [3.63, 3.8) is 0 Å². The summed E-state index contributed by atoms with van der Waals surface area (Å²) in [7, 11) is 0. The van der Waals surface area contributed by atoms with Crippen molar-refractivity contribution in [1.82, 2.24) is 9.97 Å². The normalized spacial score (nSPS) is 11.2. The molecule has 0 spiro atoms. The van der Waals surface area contributed by atoms with Crippen LogP contribution in [0.25, 0.3) is 0 Å². The minimum Gasteiger partial charge on any atom is -0.457 e. The third-order valence-electron chi connectivity index (χ3n) is 6.35. The number of nitriles is 2. The minimum atomic E-state index is -0.0676. The summed E-state index contributed by atoms with van der Waals surface area (Å²) >= 11 is 0. The molecule has 0 aliphatic heterocycles. The number of ether oxygens (including phenoxy) is 1. The summed E-state index contributed by atoms with van der Waals surface area (Å²) in [6, 6.07) is 37.4. The molecule has 184 valence electrons. The van der Waals surface area contributed by atoms with E-state index in [1.54, 1.807) is 6.33 Å². The van der Waals surface area contributed by atoms with Gasteiger partial charge in [-0.1, -0.05) is 42.5 Å². The Balaban J connectivity index is 1.50. The standard InChI is InChI=1S/C32H25N5O/c33-19-25-8-6-24(7-9-25)18-32(31-21-35-23-36-31)37(22-27-12-10-26(20-34)11-13-27)28-14-16-30(17-15-28)38-29-4-2-1-3-5-29/h1-17,21,23,32H,18,22H2,(H,35,36). The van der Waals surface area contributed by atoms with E-state index in [1.165, 1.54) is 0 Å². The van der Waals surface area contributed by atoms with Crippen molar-refractivity contribution in [2.75, 3.05) is 4.90 Å². The van der Waals surface area contributed by atoms with E-state index >= 15 is 0 Å². The van der Waals surface area contributed by atoms with Crippen molar-refractivity contribution in [1.29, 1.82) is 10.5 Å². The molecule has 0 saturated carbocycles. The van der Waals surface area contributed by atoms with Crippen LogP contribution in [0.15, 0.2) is 116 Å². The predicted molar refractivity (Wildman–Crippen MR) is 146 cm³/mol. The molecule has 5 rings (SSSR count). The van der Waals surface area contributed by atoms with E-state index in [0.717, 1.165) is 34.0 Å². The lowest BCUT2D eigenvalue weighted by Crippen LogP contribution is -2.30. The van der Waals surface area contributed by atoms with Gasteiger partial charge in [0.1, 0.15) is 11.5 Å². The van der Waals surface area contributed by atoms with Crippen molar-refractivity contribution in [2.24, 2.45) is 0 Å². The number of hydrogen-bond acceptors (Lipinski definition) is 5. The Morgan fingerprint density at radius 1 is 0.737 bits per heavy atom. The van der Waals surface area contributed by atoms with Gasteiger partial charge in [0, 0.05) is 12.2 Å². The van der Waals surface area contributed by atoms with Gasteiger partial charge >= 0.3 is 0 Å². The van der Waals surface area contributed by atoms with Crippen molar-refractivity contribution in [2.45, 2.75) is 19.0 Å². The van der Waals surface area contributed by atoms with E-state index in [2.05, 4.69) is 39.1 Å². The SMILES string of the molecule is N#Cc1ccc(CC(c2cnc[nH]2)N(Cc2ccc(C#N)cc2)c2ccc(Oc3ccccc3)cc2)cc1. The van der Waals surface area contributed by atoms with Crippen LogP contribution >= 0.6 is 0 Å². The number of anilines is 1. The second-order valence-corrected chi connectivity index (χ2v) is 8.88. The number of aromatic amines is 1. The van der Waals surface area contributed by atoms with Gasteiger partial charge < -0.3 is 14.6 Å². The smallest absolute Gasteiger partial charge is 0.127 e. The summed E-state index contributed by atoms with van der Waals surface area (Å²) in [6.07, 6.45) is 4.25. The molecule has 1 aromatic heterocycles. The second-order valence-electron chi connectivity index (χ2n) is 8.88. The molecule has 1 N–H and O–H groups in total. The van der Waals surface area contributed by atoms with Crippen LogP contribution in [0.1, 0.15) is 34.0 Å². The molecule has 0 bridgehead atoms. The molecule has 4 aromatic carbocycles. The van der Waals surface area contributed by atoms with Gasteiger partial charge in [0.25, 0.3) is 0 Å². The quantitative estimate of drug-likeness (QED) is 0.239. The lowest BCUT2D eigenvalue weighted by Gasteiger charge is -2.34. The fourth-order valence-electron chi connectivity index (χ4n) is 4.37. The van der Waals surface area contributed by atoms with E-state index in [9.17, 15) is 10.5 Å². The Morgan fingerprint density at radius 2 is 1.34 bits per heavy atom. The van der Waals surface area contributed by atoms with Crippen molar-refractivity contribution in [3.8, 4) is 23.6 Å². The molecule has 6 nitrogen and oxygen atoms in total. The highest BCUT2D eigenvalue weighted by molar-refractivity contribution is 5.52. The topological polar surface area (TPSA) is 88.7 Å². The Kier molecular flexibility index (Phi) is 7.44. The number of para-hydroxylation sites is 1. The molecule has 1 heterocycles. The Labute approximate surface area is 222 Å². The number of nitrogens with zero attached hydrogens (tertiary/aromatic N) is 4. The summed E-state index contributed by atoms with van der Waals surface area (Å²) in [5.41, 5.74) is 5.45. The Hall–Kier alpha value is -5.33. The molecule has 5 aromatic rings. The van der Waals surface area contributed by atoms with Crippen LogP contribution in [0.4, 0.5) is 5.69 Å². The maximum absolute atomic E-state index is 9.23. The molecule has 0 saturated heterocycles. The lowest BCUT2D eigenvalue weighted by atomic mass is 9.99. The van der Waals surface area contributed by atoms with Crippen LogP contribution in [-0.4, -0.2) is 9.97 Å². The van der Waals surface area contributed by atoms with Gasteiger partial charge in [0.15, 0.2) is 0 Å². The maximum Gasteiger partial charge on any atom is 0.127 e. The first kappa shape index (κ1) is 24.4. The fourth-order valence-corrected chi connectivity index (χ4v) is 4.37. The van der Waals surface area contributed by atoms with E-state index in [-0.39, 0.29) is 6.04 Å². The summed E-state index contributed by atoms with van der Waals surface area (Å²) in [5, 5.41) is 18.4. The van der Waals surface area contributed by atoms with Crippen molar-refractivity contribution >= 4 is 5.69 Å². The van der Waals surface area contributed by atoms with E-state index in [1.807, 2.05) is 97.2 Å². The van der Waals surface area contributed by atoms with Gasteiger partial charge in [-0.25, -0.2) is 4.98 Å². The monoisotopic (exact) mass is 495 g/mol. The van der Waals surface area contributed by atoms with Gasteiger partial charge in [-0.15, -0.1) is 0 Å².